The molecule has 0 radical (unpaired) electrons. The molecule has 0 aliphatic rings. The number of anilines is 2. The zero-order valence-electron chi connectivity index (χ0n) is 9.82. The Bertz CT molecular complexity index is 584. The smallest absolute Gasteiger partial charge is 0.261 e. The molecule has 0 aliphatic carbocycles. The van der Waals surface area contributed by atoms with Gasteiger partial charge in [0.2, 0.25) is 0 Å². The predicted molar refractivity (Wildman–Crippen MR) is 76.3 cm³/mol. The summed E-state index contributed by atoms with van der Waals surface area (Å²) in [5.41, 5.74) is 0.472. The lowest BCUT2D eigenvalue weighted by Crippen LogP contribution is -2.14. The third kappa shape index (κ3) is 2.85. The fraction of sp³-hybridized carbons (Fsp3) is 0.182. The van der Waals surface area contributed by atoms with E-state index in [-0.39, 0.29) is 5.91 Å². The Morgan fingerprint density at radius 1 is 1.39 bits per heavy atom. The van der Waals surface area contributed by atoms with Crippen LogP contribution in [0.4, 0.5) is 10.9 Å². The summed E-state index contributed by atoms with van der Waals surface area (Å²) in [5, 5.41) is 6.22. The Balaban J connectivity index is 2.25. The van der Waals surface area contributed by atoms with E-state index in [1.165, 1.54) is 11.3 Å². The van der Waals surface area contributed by atoms with Crippen molar-refractivity contribution >= 4 is 44.1 Å². The first-order valence-corrected chi connectivity index (χ1v) is 6.78. The molecule has 0 atom stereocenters. The number of nitrogens with zero attached hydrogens (tertiary/aromatic N) is 2. The topological polar surface area (TPSA) is 66.9 Å². The summed E-state index contributed by atoms with van der Waals surface area (Å²) in [6.07, 6.45) is 3.36. The summed E-state index contributed by atoms with van der Waals surface area (Å²) in [7, 11) is 1.72. The van der Waals surface area contributed by atoms with Gasteiger partial charge in [-0.3, -0.25) is 10.1 Å². The van der Waals surface area contributed by atoms with E-state index in [4.69, 9.17) is 0 Å². The van der Waals surface area contributed by atoms with Crippen LogP contribution in [0.1, 0.15) is 15.2 Å². The Labute approximate surface area is 117 Å². The zero-order chi connectivity index (χ0) is 13.1. The summed E-state index contributed by atoms with van der Waals surface area (Å²) in [5.74, 6) is 0.298. The Morgan fingerprint density at radius 2 is 2.17 bits per heavy atom. The number of aromatic nitrogens is 2. The van der Waals surface area contributed by atoms with Crippen molar-refractivity contribution < 1.29 is 4.79 Å². The molecule has 2 aromatic heterocycles. The van der Waals surface area contributed by atoms with Gasteiger partial charge >= 0.3 is 0 Å². The van der Waals surface area contributed by atoms with Gasteiger partial charge in [-0.15, -0.1) is 11.3 Å². The Hall–Kier alpha value is -1.47. The van der Waals surface area contributed by atoms with Gasteiger partial charge in [0.15, 0.2) is 5.13 Å². The number of nitrogens with one attached hydrogen (secondary N) is 2. The molecule has 0 aromatic carbocycles. The SMILES string of the molecule is CNc1ncc(Br)cc1C(=O)Nc1ncc(C)s1. The van der Waals surface area contributed by atoms with Crippen LogP contribution in [-0.4, -0.2) is 22.9 Å². The lowest BCUT2D eigenvalue weighted by atomic mass is 10.2. The monoisotopic (exact) mass is 326 g/mol. The molecule has 2 aromatic rings. The van der Waals surface area contributed by atoms with E-state index in [9.17, 15) is 4.79 Å². The van der Waals surface area contributed by atoms with Crippen molar-refractivity contribution in [2.75, 3.05) is 17.7 Å². The second-order valence-electron chi connectivity index (χ2n) is 3.53. The van der Waals surface area contributed by atoms with E-state index in [0.717, 1.165) is 9.35 Å². The number of aryl methyl sites for hydroxylation is 1. The Morgan fingerprint density at radius 3 is 2.78 bits per heavy atom. The van der Waals surface area contributed by atoms with Crippen molar-refractivity contribution in [1.29, 1.82) is 0 Å². The van der Waals surface area contributed by atoms with Crippen molar-refractivity contribution in [3.8, 4) is 0 Å². The van der Waals surface area contributed by atoms with Crippen LogP contribution in [-0.2, 0) is 0 Å². The van der Waals surface area contributed by atoms with Crippen LogP contribution in [0.15, 0.2) is 22.9 Å². The minimum Gasteiger partial charge on any atom is -0.372 e. The first-order chi connectivity index (χ1) is 8.60. The van der Waals surface area contributed by atoms with Crippen molar-refractivity contribution in [3.05, 3.63) is 33.4 Å². The first kappa shape index (κ1) is 13.0. The van der Waals surface area contributed by atoms with Gasteiger partial charge in [0.1, 0.15) is 5.82 Å². The van der Waals surface area contributed by atoms with Gasteiger partial charge in [-0.1, -0.05) is 0 Å². The predicted octanol–water partition coefficient (Wildman–Crippen LogP) is 2.90. The number of pyridine rings is 1. The lowest BCUT2D eigenvalue weighted by molar-refractivity contribution is 0.102. The number of hydrogen-bond acceptors (Lipinski definition) is 5. The van der Waals surface area contributed by atoms with Crippen molar-refractivity contribution in [1.82, 2.24) is 9.97 Å². The Kier molecular flexibility index (Phi) is 3.93. The van der Waals surface area contributed by atoms with E-state index in [1.807, 2.05) is 6.92 Å². The minimum atomic E-state index is -0.234. The highest BCUT2D eigenvalue weighted by molar-refractivity contribution is 9.10. The second kappa shape index (κ2) is 5.45. The van der Waals surface area contributed by atoms with Gasteiger partial charge in [0.25, 0.3) is 5.91 Å². The highest BCUT2D eigenvalue weighted by atomic mass is 79.9. The molecule has 0 aliphatic heterocycles. The molecule has 0 bridgehead atoms. The van der Waals surface area contributed by atoms with Crippen molar-refractivity contribution in [2.45, 2.75) is 6.92 Å². The first-order valence-electron chi connectivity index (χ1n) is 5.17. The number of carbonyl (C=O) groups excluding carboxylic acids is 1. The highest BCUT2D eigenvalue weighted by Crippen LogP contribution is 2.21. The molecule has 0 unspecified atom stereocenters. The van der Waals surface area contributed by atoms with Crippen LogP contribution < -0.4 is 10.6 Å². The molecule has 1 amide bonds. The van der Waals surface area contributed by atoms with Gasteiger partial charge in [0.05, 0.1) is 5.56 Å². The maximum Gasteiger partial charge on any atom is 0.261 e. The van der Waals surface area contributed by atoms with Crippen molar-refractivity contribution in [2.24, 2.45) is 0 Å². The number of thiazole rings is 1. The molecule has 0 spiro atoms. The van der Waals surface area contributed by atoms with Gasteiger partial charge in [-0.25, -0.2) is 9.97 Å². The molecule has 5 nitrogen and oxygen atoms in total. The van der Waals surface area contributed by atoms with E-state index in [1.54, 1.807) is 25.5 Å². The molecule has 2 N–H and O–H groups in total. The number of rotatable bonds is 3. The molecule has 0 saturated carbocycles. The van der Waals surface area contributed by atoms with Crippen LogP contribution >= 0.6 is 27.3 Å². The van der Waals surface area contributed by atoms with Crippen LogP contribution in [0.25, 0.3) is 0 Å². The van der Waals surface area contributed by atoms with Gasteiger partial charge in [0, 0.05) is 28.8 Å². The normalized spacial score (nSPS) is 10.2. The number of halogens is 1. The molecule has 0 fully saturated rings. The number of carbonyl (C=O) groups is 1. The fourth-order valence-electron chi connectivity index (χ4n) is 1.39. The van der Waals surface area contributed by atoms with Crippen LogP contribution in [0.2, 0.25) is 0 Å². The molecule has 7 heteroatoms. The molecule has 18 heavy (non-hydrogen) atoms. The van der Waals surface area contributed by atoms with Crippen molar-refractivity contribution in [3.63, 3.8) is 0 Å². The third-order valence-corrected chi connectivity index (χ3v) is 3.44. The number of amides is 1. The highest BCUT2D eigenvalue weighted by Gasteiger charge is 2.14. The molecule has 0 saturated heterocycles. The standard InChI is InChI=1S/C11H11BrN4OS/c1-6-4-15-11(18-6)16-10(17)8-3-7(12)5-14-9(8)13-2/h3-5H,1-2H3,(H,13,14)(H,15,16,17). The average Bonchev–Trinajstić information content (AvgIpc) is 2.74. The van der Waals surface area contributed by atoms with E-state index in [0.29, 0.717) is 16.5 Å². The molecule has 94 valence electrons. The molecular formula is C11H11BrN4OS. The summed E-state index contributed by atoms with van der Waals surface area (Å²) in [4.78, 5) is 21.4. The van der Waals surface area contributed by atoms with Crippen LogP contribution in [0.5, 0.6) is 0 Å². The fourth-order valence-corrected chi connectivity index (χ4v) is 2.38. The molecular weight excluding hydrogens is 316 g/mol. The third-order valence-electron chi connectivity index (χ3n) is 2.18. The van der Waals surface area contributed by atoms with Crippen LogP contribution in [0.3, 0.4) is 0 Å². The van der Waals surface area contributed by atoms with E-state index in [2.05, 4.69) is 36.5 Å². The summed E-state index contributed by atoms with van der Waals surface area (Å²) in [6, 6.07) is 1.72. The maximum absolute atomic E-state index is 12.1. The summed E-state index contributed by atoms with van der Waals surface area (Å²) < 4.78 is 0.752. The van der Waals surface area contributed by atoms with Gasteiger partial charge < -0.3 is 5.32 Å². The molecule has 2 heterocycles. The van der Waals surface area contributed by atoms with Gasteiger partial charge in [-0.05, 0) is 28.9 Å². The zero-order valence-corrected chi connectivity index (χ0v) is 12.2. The minimum absolute atomic E-state index is 0.234. The van der Waals surface area contributed by atoms with Gasteiger partial charge in [-0.2, -0.15) is 0 Å². The summed E-state index contributed by atoms with van der Waals surface area (Å²) in [6.45, 7) is 1.94. The van der Waals surface area contributed by atoms with E-state index < -0.39 is 0 Å². The summed E-state index contributed by atoms with van der Waals surface area (Å²) >= 11 is 4.73. The second-order valence-corrected chi connectivity index (χ2v) is 5.68. The quantitative estimate of drug-likeness (QED) is 0.910. The van der Waals surface area contributed by atoms with Crippen LogP contribution in [0, 0.1) is 6.92 Å². The lowest BCUT2D eigenvalue weighted by Gasteiger charge is -2.07. The largest absolute Gasteiger partial charge is 0.372 e. The average molecular weight is 327 g/mol. The molecule has 2 rings (SSSR count). The number of hydrogen-bond donors (Lipinski definition) is 2. The van der Waals surface area contributed by atoms with E-state index >= 15 is 0 Å². The maximum atomic E-state index is 12.1.